The van der Waals surface area contributed by atoms with Gasteiger partial charge in [-0.3, -0.25) is 0 Å². The molecule has 52 heavy (non-hydrogen) atoms. The molecule has 0 aliphatic carbocycles. The summed E-state index contributed by atoms with van der Waals surface area (Å²) >= 11 is 0. The van der Waals surface area contributed by atoms with E-state index in [1.165, 1.54) is 0 Å². The third-order valence-electron chi connectivity index (χ3n) is 10.1. The summed E-state index contributed by atoms with van der Waals surface area (Å²) in [6.45, 7) is 38.4. The highest BCUT2D eigenvalue weighted by molar-refractivity contribution is 6.77. The zero-order valence-corrected chi connectivity index (χ0v) is 37.6. The van der Waals surface area contributed by atoms with Gasteiger partial charge >= 0.3 is 20.6 Å². The summed E-state index contributed by atoms with van der Waals surface area (Å²) in [5, 5.41) is 2.36. The average Bonchev–Trinajstić information content (AvgIpc) is 2.95. The number of fused-ring (bicyclic) bond motifs is 1. The van der Waals surface area contributed by atoms with Crippen molar-refractivity contribution in [3.8, 4) is 0 Å². The van der Waals surface area contributed by atoms with E-state index in [1.807, 2.05) is 24.3 Å². The van der Waals surface area contributed by atoms with Gasteiger partial charge in [0.2, 0.25) is 8.32 Å². The molecule has 2 aliphatic rings. The minimum atomic E-state index is -2.82. The highest BCUT2D eigenvalue weighted by Crippen LogP contribution is 2.56. The fourth-order valence-electron chi connectivity index (χ4n) is 8.30. The van der Waals surface area contributed by atoms with Gasteiger partial charge in [-0.2, -0.15) is 0 Å². The monoisotopic (exact) mass is 761 g/mol. The van der Waals surface area contributed by atoms with Crippen molar-refractivity contribution in [1.82, 2.24) is 5.32 Å². The van der Waals surface area contributed by atoms with Crippen LogP contribution in [0.25, 0.3) is 5.76 Å². The van der Waals surface area contributed by atoms with E-state index in [4.69, 9.17) is 27.5 Å². The molecule has 2 aliphatic heterocycles. The quantitative estimate of drug-likeness (QED) is 0.186. The molecule has 11 heteroatoms. The highest BCUT2D eigenvalue weighted by Gasteiger charge is 2.64. The molecule has 0 spiro atoms. The molecular weight excluding hydrogens is 691 g/mol. The second kappa shape index (κ2) is 15.9. The number of esters is 1. The fourth-order valence-corrected chi connectivity index (χ4v) is 18.7. The van der Waals surface area contributed by atoms with E-state index in [0.29, 0.717) is 23.2 Å². The number of rotatable bonds is 10. The van der Waals surface area contributed by atoms with Crippen molar-refractivity contribution in [2.24, 2.45) is 0 Å². The lowest BCUT2D eigenvalue weighted by Crippen LogP contribution is -2.68. The molecular formula is C41H71NO8Si2. The molecule has 1 aromatic rings. The third-order valence-corrected chi connectivity index (χ3v) is 21.3. The van der Waals surface area contributed by atoms with Gasteiger partial charge < -0.3 is 32.8 Å². The number of hydrogen-bond acceptors (Lipinski definition) is 8. The van der Waals surface area contributed by atoms with Crippen LogP contribution in [0.5, 0.6) is 0 Å². The average molecular weight is 762 g/mol. The molecule has 1 saturated heterocycles. The van der Waals surface area contributed by atoms with Crippen LogP contribution < -0.4 is 5.32 Å². The van der Waals surface area contributed by atoms with Gasteiger partial charge in [-0.05, 0) is 69.8 Å². The van der Waals surface area contributed by atoms with E-state index in [2.05, 4.69) is 94.5 Å². The van der Waals surface area contributed by atoms with Crippen molar-refractivity contribution in [3.63, 3.8) is 0 Å². The van der Waals surface area contributed by atoms with Gasteiger partial charge in [0.25, 0.3) is 0 Å². The Morgan fingerprint density at radius 3 is 1.75 bits per heavy atom. The molecule has 1 fully saturated rings. The molecule has 9 nitrogen and oxygen atoms in total. The van der Waals surface area contributed by atoms with Crippen LogP contribution in [0, 0.1) is 0 Å². The summed E-state index contributed by atoms with van der Waals surface area (Å²) in [5.74, 6) is 0.197. The first-order chi connectivity index (χ1) is 23.5. The predicted octanol–water partition coefficient (Wildman–Crippen LogP) is 10.2. The van der Waals surface area contributed by atoms with Gasteiger partial charge in [0, 0.05) is 22.1 Å². The maximum atomic E-state index is 13.2. The van der Waals surface area contributed by atoms with E-state index < -0.39 is 46.2 Å². The Morgan fingerprint density at radius 1 is 0.808 bits per heavy atom. The molecule has 0 bridgehead atoms. The van der Waals surface area contributed by atoms with Crippen LogP contribution >= 0.6 is 0 Å². The van der Waals surface area contributed by atoms with E-state index in [0.717, 1.165) is 16.9 Å². The SMILES string of the molecule is CC(C)[Si](O[C@@H]1C=C(c2ccc(C[C@H](NC(=O)OC(C)(C)C)C(=O)OC(C)(C)C)cc2)O[C@@H]2CO[Si](C(C)(C)C)(C(C)(C)C)O[C@@H]12)(C(C)C)C(C)C. The van der Waals surface area contributed by atoms with Gasteiger partial charge in [0.05, 0.1) is 12.7 Å². The van der Waals surface area contributed by atoms with Crippen LogP contribution in [0.3, 0.4) is 0 Å². The molecule has 4 atom stereocenters. The van der Waals surface area contributed by atoms with E-state index in [9.17, 15) is 9.59 Å². The van der Waals surface area contributed by atoms with E-state index in [1.54, 1.807) is 41.5 Å². The van der Waals surface area contributed by atoms with Gasteiger partial charge in [-0.15, -0.1) is 0 Å². The van der Waals surface area contributed by atoms with Gasteiger partial charge in [-0.1, -0.05) is 107 Å². The topological polar surface area (TPSA) is 102 Å². The summed E-state index contributed by atoms with van der Waals surface area (Å²) in [6, 6.07) is 6.96. The Balaban J connectivity index is 2.04. The summed E-state index contributed by atoms with van der Waals surface area (Å²) in [6.07, 6.45) is 0.717. The number of hydrogen-bond donors (Lipinski definition) is 1. The summed E-state index contributed by atoms with van der Waals surface area (Å²) < 4.78 is 39.6. The maximum absolute atomic E-state index is 13.2. The molecule has 0 aromatic heterocycles. The second-order valence-electron chi connectivity index (χ2n) is 19.7. The molecule has 0 unspecified atom stereocenters. The number of amides is 1. The lowest BCUT2D eigenvalue weighted by atomic mass is 9.99. The van der Waals surface area contributed by atoms with E-state index >= 15 is 0 Å². The zero-order valence-electron chi connectivity index (χ0n) is 35.6. The minimum absolute atomic E-state index is 0.182. The van der Waals surface area contributed by atoms with Crippen LogP contribution in [-0.2, 0) is 38.7 Å². The van der Waals surface area contributed by atoms with Gasteiger partial charge in [0.1, 0.15) is 35.2 Å². The molecule has 1 amide bonds. The maximum Gasteiger partial charge on any atom is 0.408 e. The fraction of sp³-hybridized carbons (Fsp3) is 0.756. The zero-order chi connectivity index (χ0) is 39.8. The lowest BCUT2D eigenvalue weighted by Gasteiger charge is -2.57. The van der Waals surface area contributed by atoms with Crippen molar-refractivity contribution in [1.29, 1.82) is 0 Å². The molecule has 2 heterocycles. The van der Waals surface area contributed by atoms with Crippen molar-refractivity contribution in [2.75, 3.05) is 6.61 Å². The van der Waals surface area contributed by atoms with Crippen molar-refractivity contribution >= 4 is 34.7 Å². The number of carbonyl (C=O) groups is 2. The van der Waals surface area contributed by atoms with Crippen LogP contribution in [0.2, 0.25) is 26.7 Å². The van der Waals surface area contributed by atoms with Crippen LogP contribution in [0.4, 0.5) is 4.79 Å². The van der Waals surface area contributed by atoms with Crippen LogP contribution in [0.1, 0.15) is 136 Å². The molecule has 0 saturated carbocycles. The van der Waals surface area contributed by atoms with Crippen LogP contribution in [-0.4, -0.2) is 71.1 Å². The summed E-state index contributed by atoms with van der Waals surface area (Å²) in [7, 11) is -5.16. The minimum Gasteiger partial charge on any atom is -0.485 e. The Kier molecular flexibility index (Phi) is 13.5. The first-order valence-electron chi connectivity index (χ1n) is 19.2. The van der Waals surface area contributed by atoms with Crippen molar-refractivity contribution in [2.45, 2.75) is 193 Å². The number of nitrogens with one attached hydrogen (secondary N) is 1. The summed E-state index contributed by atoms with van der Waals surface area (Å²) in [5.41, 5.74) is 1.48. The molecule has 296 valence electrons. The number of ether oxygens (including phenoxy) is 3. The Morgan fingerprint density at radius 2 is 1.31 bits per heavy atom. The van der Waals surface area contributed by atoms with Gasteiger partial charge in [0.15, 0.2) is 0 Å². The molecule has 3 rings (SSSR count). The molecule has 1 N–H and O–H groups in total. The van der Waals surface area contributed by atoms with Crippen molar-refractivity contribution in [3.05, 3.63) is 41.5 Å². The first-order valence-corrected chi connectivity index (χ1v) is 23.2. The Hall–Kier alpha value is -2.19. The number of carbonyl (C=O) groups excluding carboxylic acids is 2. The lowest BCUT2D eigenvalue weighted by molar-refractivity contribution is -0.157. The smallest absolute Gasteiger partial charge is 0.408 e. The standard InChI is InChI=1S/C41H71NO8Si2/c1-26(2)51(27(3)4,28(5)6)49-33-24-32(46-34-25-45-52(40(13,14)15,41(16,17)18)50-35(33)34)30-21-19-29(20-22-30)23-31(36(43)47-38(7,8)9)42-37(44)48-39(10,11)12/h19-22,24,26-28,31,33-35H,23,25H2,1-18H3,(H,42,44)/t31-,33+,34+,35-/m0/s1. The summed E-state index contributed by atoms with van der Waals surface area (Å²) in [4.78, 5) is 25.9. The highest BCUT2D eigenvalue weighted by atomic mass is 28.4. The van der Waals surface area contributed by atoms with Crippen molar-refractivity contribution < 1.29 is 37.1 Å². The predicted molar refractivity (Wildman–Crippen MR) is 214 cm³/mol. The largest absolute Gasteiger partial charge is 0.485 e. The second-order valence-corrected chi connectivity index (χ2v) is 29.9. The Bertz CT molecular complexity index is 1370. The molecule has 1 aromatic carbocycles. The Labute approximate surface area is 317 Å². The van der Waals surface area contributed by atoms with E-state index in [-0.39, 0.29) is 34.8 Å². The third kappa shape index (κ3) is 10.1. The number of alkyl carbamates (subject to hydrolysis) is 1. The molecule has 0 radical (unpaired) electrons. The van der Waals surface area contributed by atoms with Crippen LogP contribution in [0.15, 0.2) is 30.3 Å². The number of benzene rings is 1. The normalized spacial score (nSPS) is 22.0. The van der Waals surface area contributed by atoms with Gasteiger partial charge in [-0.25, -0.2) is 9.59 Å². The first kappa shape index (κ1) is 44.2.